The molecule has 0 spiro atoms. The molecule has 0 saturated heterocycles. The van der Waals surface area contributed by atoms with Gasteiger partial charge in [-0.05, 0) is 36.2 Å². The van der Waals surface area contributed by atoms with Gasteiger partial charge in [-0.2, -0.15) is 9.97 Å². The lowest BCUT2D eigenvalue weighted by molar-refractivity contribution is 0.813. The zero-order valence-electron chi connectivity index (χ0n) is 13.6. The van der Waals surface area contributed by atoms with Crippen molar-refractivity contribution in [2.75, 3.05) is 5.32 Å². The normalized spacial score (nSPS) is 11.0. The predicted molar refractivity (Wildman–Crippen MR) is 100 cm³/mol. The number of benzene rings is 2. The fourth-order valence-corrected chi connectivity index (χ4v) is 2.83. The highest BCUT2D eigenvalue weighted by atomic mass is 35.5. The third-order valence-electron chi connectivity index (χ3n) is 3.95. The Morgan fingerprint density at radius 1 is 1.00 bits per heavy atom. The van der Waals surface area contributed by atoms with Crippen molar-refractivity contribution in [3.05, 3.63) is 77.3 Å². The van der Waals surface area contributed by atoms with Crippen LogP contribution in [0.1, 0.15) is 11.1 Å². The molecule has 0 aliphatic carbocycles. The van der Waals surface area contributed by atoms with E-state index in [-0.39, 0.29) is 5.28 Å². The maximum Gasteiger partial charge on any atom is 0.226 e. The van der Waals surface area contributed by atoms with Crippen molar-refractivity contribution in [1.29, 1.82) is 0 Å². The van der Waals surface area contributed by atoms with Crippen LogP contribution in [0.2, 0.25) is 5.28 Å². The number of aromatic nitrogens is 4. The van der Waals surface area contributed by atoms with Crippen molar-refractivity contribution in [2.45, 2.75) is 13.5 Å². The van der Waals surface area contributed by atoms with E-state index in [1.165, 1.54) is 11.1 Å². The largest absolute Gasteiger partial charge is 0.338 e. The number of para-hydroxylation sites is 1. The van der Waals surface area contributed by atoms with Crippen LogP contribution in [0.25, 0.3) is 11.2 Å². The summed E-state index contributed by atoms with van der Waals surface area (Å²) in [4.78, 5) is 13.1. The lowest BCUT2D eigenvalue weighted by Crippen LogP contribution is -2.02. The third-order valence-corrected chi connectivity index (χ3v) is 4.12. The molecule has 0 amide bonds. The molecule has 4 rings (SSSR count). The molecule has 0 radical (unpaired) electrons. The first-order valence-electron chi connectivity index (χ1n) is 7.95. The quantitative estimate of drug-likeness (QED) is 0.548. The van der Waals surface area contributed by atoms with Crippen LogP contribution in [-0.4, -0.2) is 19.5 Å². The highest BCUT2D eigenvalue weighted by molar-refractivity contribution is 6.28. The summed E-state index contributed by atoms with van der Waals surface area (Å²) in [5.74, 6) is 0.601. The van der Waals surface area contributed by atoms with Crippen molar-refractivity contribution in [3.63, 3.8) is 0 Å². The van der Waals surface area contributed by atoms with E-state index in [4.69, 9.17) is 11.6 Å². The average molecular weight is 350 g/mol. The van der Waals surface area contributed by atoms with Crippen LogP contribution in [0.5, 0.6) is 0 Å². The number of nitrogens with zero attached hydrogens (tertiary/aromatic N) is 4. The first kappa shape index (κ1) is 15.6. The highest BCUT2D eigenvalue weighted by Gasteiger charge is 2.13. The molecule has 2 heterocycles. The molecule has 6 heteroatoms. The van der Waals surface area contributed by atoms with Gasteiger partial charge < -0.3 is 9.88 Å². The molecular formula is C19H16ClN5. The predicted octanol–water partition coefficient (Wildman–Crippen LogP) is 4.58. The lowest BCUT2D eigenvalue weighted by Gasteiger charge is -2.08. The fourth-order valence-electron chi connectivity index (χ4n) is 2.67. The molecule has 5 nitrogen and oxygen atoms in total. The van der Waals surface area contributed by atoms with E-state index >= 15 is 0 Å². The second-order valence-corrected chi connectivity index (χ2v) is 6.20. The second kappa shape index (κ2) is 6.53. The van der Waals surface area contributed by atoms with E-state index in [0.717, 1.165) is 5.69 Å². The minimum Gasteiger partial charge on any atom is -0.338 e. The standard InChI is InChI=1S/C19H16ClN5/c1-13-7-9-14(10-8-13)11-25-12-21-16-17(23-19(20)24-18(16)25)22-15-5-3-2-4-6-15/h2-10,12H,11H2,1H3,(H,22,23,24). The number of nitrogens with one attached hydrogen (secondary N) is 1. The van der Waals surface area contributed by atoms with Gasteiger partial charge in [0.1, 0.15) is 0 Å². The summed E-state index contributed by atoms with van der Waals surface area (Å²) in [6.07, 6.45) is 1.77. The average Bonchev–Trinajstić information content (AvgIpc) is 3.01. The van der Waals surface area contributed by atoms with E-state index in [2.05, 4.69) is 51.5 Å². The molecule has 2 aromatic carbocycles. The van der Waals surface area contributed by atoms with Crippen LogP contribution >= 0.6 is 11.6 Å². The van der Waals surface area contributed by atoms with Crippen molar-refractivity contribution in [1.82, 2.24) is 19.5 Å². The Hall–Kier alpha value is -2.92. The van der Waals surface area contributed by atoms with Gasteiger partial charge in [0, 0.05) is 5.69 Å². The maximum absolute atomic E-state index is 6.14. The molecule has 0 aliphatic rings. The van der Waals surface area contributed by atoms with Crippen molar-refractivity contribution < 1.29 is 0 Å². The maximum atomic E-state index is 6.14. The number of aryl methyl sites for hydroxylation is 1. The fraction of sp³-hybridized carbons (Fsp3) is 0.105. The monoisotopic (exact) mass is 349 g/mol. The number of imidazole rings is 1. The summed E-state index contributed by atoms with van der Waals surface area (Å²) in [5, 5.41) is 3.45. The van der Waals surface area contributed by atoms with Gasteiger partial charge >= 0.3 is 0 Å². The summed E-state index contributed by atoms with van der Waals surface area (Å²) >= 11 is 6.14. The summed E-state index contributed by atoms with van der Waals surface area (Å²) < 4.78 is 1.98. The zero-order valence-corrected chi connectivity index (χ0v) is 14.4. The van der Waals surface area contributed by atoms with Crippen LogP contribution in [0.15, 0.2) is 60.9 Å². The SMILES string of the molecule is Cc1ccc(Cn2cnc3c(Nc4ccccc4)nc(Cl)nc32)cc1. The number of fused-ring (bicyclic) bond motifs is 1. The van der Waals surface area contributed by atoms with Gasteiger partial charge in [-0.15, -0.1) is 0 Å². The minimum absolute atomic E-state index is 0.191. The molecule has 0 fully saturated rings. The van der Waals surface area contributed by atoms with Crippen molar-refractivity contribution >= 4 is 34.3 Å². The van der Waals surface area contributed by atoms with Crippen molar-refractivity contribution in [2.24, 2.45) is 0 Å². The van der Waals surface area contributed by atoms with E-state index in [1.54, 1.807) is 6.33 Å². The Bertz CT molecular complexity index is 1010. The van der Waals surface area contributed by atoms with Crippen LogP contribution < -0.4 is 5.32 Å². The highest BCUT2D eigenvalue weighted by Crippen LogP contribution is 2.24. The smallest absolute Gasteiger partial charge is 0.226 e. The van der Waals surface area contributed by atoms with Gasteiger partial charge in [0.2, 0.25) is 5.28 Å². The first-order valence-corrected chi connectivity index (χ1v) is 8.33. The molecular weight excluding hydrogens is 334 g/mol. The van der Waals surface area contributed by atoms with E-state index in [9.17, 15) is 0 Å². The number of hydrogen-bond donors (Lipinski definition) is 1. The van der Waals surface area contributed by atoms with Crippen molar-refractivity contribution in [3.8, 4) is 0 Å². The van der Waals surface area contributed by atoms with Gasteiger partial charge in [-0.3, -0.25) is 0 Å². The van der Waals surface area contributed by atoms with Crippen LogP contribution in [0.4, 0.5) is 11.5 Å². The Kier molecular flexibility index (Phi) is 4.07. The summed E-state index contributed by atoms with van der Waals surface area (Å²) in [7, 11) is 0. The molecule has 4 aromatic rings. The second-order valence-electron chi connectivity index (χ2n) is 5.86. The van der Waals surface area contributed by atoms with Crippen LogP contribution in [0, 0.1) is 6.92 Å². The Morgan fingerprint density at radius 3 is 2.52 bits per heavy atom. The van der Waals surface area contributed by atoms with Gasteiger partial charge in [0.25, 0.3) is 0 Å². The van der Waals surface area contributed by atoms with Gasteiger partial charge in [-0.25, -0.2) is 4.98 Å². The molecule has 2 aromatic heterocycles. The zero-order chi connectivity index (χ0) is 17.2. The summed E-state index contributed by atoms with van der Waals surface area (Å²) in [6.45, 7) is 2.75. The lowest BCUT2D eigenvalue weighted by atomic mass is 10.1. The van der Waals surface area contributed by atoms with Gasteiger partial charge in [0.05, 0.1) is 12.9 Å². The minimum atomic E-state index is 0.191. The van der Waals surface area contributed by atoms with Gasteiger partial charge in [-0.1, -0.05) is 48.0 Å². The van der Waals surface area contributed by atoms with E-state index in [0.29, 0.717) is 23.5 Å². The molecule has 25 heavy (non-hydrogen) atoms. The number of anilines is 2. The first-order chi connectivity index (χ1) is 12.2. The van der Waals surface area contributed by atoms with E-state index < -0.39 is 0 Å². The summed E-state index contributed by atoms with van der Waals surface area (Å²) in [5.41, 5.74) is 4.74. The molecule has 0 saturated carbocycles. The molecule has 0 aliphatic heterocycles. The Labute approximate surface area is 150 Å². The van der Waals surface area contributed by atoms with Crippen LogP contribution in [-0.2, 0) is 6.54 Å². The molecule has 1 N–H and O–H groups in total. The number of hydrogen-bond acceptors (Lipinski definition) is 4. The Morgan fingerprint density at radius 2 is 1.76 bits per heavy atom. The molecule has 0 atom stereocenters. The number of halogens is 1. The van der Waals surface area contributed by atoms with E-state index in [1.807, 2.05) is 34.9 Å². The third kappa shape index (κ3) is 3.32. The summed E-state index contributed by atoms with van der Waals surface area (Å²) in [6, 6.07) is 18.2. The van der Waals surface area contributed by atoms with Gasteiger partial charge in [0.15, 0.2) is 17.0 Å². The topological polar surface area (TPSA) is 55.6 Å². The molecule has 124 valence electrons. The molecule has 0 unspecified atom stereocenters. The Balaban J connectivity index is 1.72. The van der Waals surface area contributed by atoms with Crippen LogP contribution in [0.3, 0.4) is 0 Å². The molecule has 0 bridgehead atoms. The number of rotatable bonds is 4.